The first kappa shape index (κ1) is 20.6. The molecule has 1 aliphatic carbocycles. The second-order valence-electron chi connectivity index (χ2n) is 8.75. The fourth-order valence-electron chi connectivity index (χ4n) is 5.67. The molecule has 1 aromatic carbocycles. The van der Waals surface area contributed by atoms with Crippen molar-refractivity contribution >= 4 is 29.2 Å². The Morgan fingerprint density at radius 3 is 2.19 bits per heavy atom. The van der Waals surface area contributed by atoms with Crippen molar-refractivity contribution in [3.05, 3.63) is 30.3 Å². The molecule has 2 fully saturated rings. The van der Waals surface area contributed by atoms with Crippen molar-refractivity contribution in [1.82, 2.24) is 0 Å². The van der Waals surface area contributed by atoms with Crippen LogP contribution in [-0.2, 0) is 4.74 Å². The highest BCUT2D eigenvalue weighted by Gasteiger charge is 2.40. The third kappa shape index (κ3) is 5.23. The molecule has 3 rings (SSSR count). The van der Waals surface area contributed by atoms with Gasteiger partial charge in [0.25, 0.3) is 0 Å². The molecule has 1 aromatic rings. The van der Waals surface area contributed by atoms with Gasteiger partial charge in [-0.3, -0.25) is 0 Å². The molecule has 2 aliphatic rings. The quantitative estimate of drug-likeness (QED) is 0.245. The lowest BCUT2D eigenvalue weighted by atomic mass is 9.76. The summed E-state index contributed by atoms with van der Waals surface area (Å²) in [6, 6.07) is 16.3. The van der Waals surface area contributed by atoms with Crippen molar-refractivity contribution in [2.75, 3.05) is 5.52 Å². The first-order chi connectivity index (χ1) is 12.8. The average molecular weight is 438 g/mol. The summed E-state index contributed by atoms with van der Waals surface area (Å²) in [5.41, 5.74) is 0.703. The SMILES string of the molecule is CCCCC[Si]1(c2ccccc2)CCC([C@H]2CC[C@H](OCBr)CC2)CC1. The molecule has 0 bridgehead atoms. The zero-order valence-corrected chi connectivity index (χ0v) is 19.2. The van der Waals surface area contributed by atoms with Crippen molar-refractivity contribution in [3.8, 4) is 0 Å². The average Bonchev–Trinajstić information content (AvgIpc) is 2.70. The standard InChI is InChI=1S/C23H37BrOSi/c1-2-3-7-16-26(23-8-5-4-6-9-23)17-14-21(15-18-26)20-10-12-22(13-11-20)25-19-24/h4-6,8-9,20-22H,2-3,7,10-19H2,1H3/t20-,21?,22-,26?. The zero-order valence-electron chi connectivity index (χ0n) is 16.6. The van der Waals surface area contributed by atoms with Gasteiger partial charge in [0.1, 0.15) is 5.52 Å². The molecule has 26 heavy (non-hydrogen) atoms. The van der Waals surface area contributed by atoms with Gasteiger partial charge in [-0.2, -0.15) is 0 Å². The fraction of sp³-hybridized carbons (Fsp3) is 0.739. The zero-order chi connectivity index (χ0) is 18.2. The molecule has 0 atom stereocenters. The Labute approximate surface area is 170 Å². The highest BCUT2D eigenvalue weighted by molar-refractivity contribution is 9.09. The molecule has 1 saturated carbocycles. The minimum Gasteiger partial charge on any atom is -0.367 e. The van der Waals surface area contributed by atoms with Crippen molar-refractivity contribution in [2.24, 2.45) is 11.8 Å². The van der Waals surface area contributed by atoms with E-state index in [1.807, 2.05) is 0 Å². The molecule has 1 aliphatic heterocycles. The van der Waals surface area contributed by atoms with Crippen molar-refractivity contribution in [3.63, 3.8) is 0 Å². The molecule has 0 radical (unpaired) electrons. The van der Waals surface area contributed by atoms with E-state index < -0.39 is 8.07 Å². The van der Waals surface area contributed by atoms with Crippen molar-refractivity contribution < 1.29 is 4.74 Å². The minimum absolute atomic E-state index is 0.515. The molecule has 0 N–H and O–H groups in total. The van der Waals surface area contributed by atoms with Gasteiger partial charge in [0.15, 0.2) is 0 Å². The van der Waals surface area contributed by atoms with E-state index in [0.29, 0.717) is 11.6 Å². The number of halogens is 1. The van der Waals surface area contributed by atoms with Gasteiger partial charge < -0.3 is 4.74 Å². The summed E-state index contributed by atoms with van der Waals surface area (Å²) in [4.78, 5) is 0. The van der Waals surface area contributed by atoms with E-state index in [1.54, 1.807) is 17.3 Å². The highest BCUT2D eigenvalue weighted by Crippen LogP contribution is 2.43. The second kappa shape index (κ2) is 10.4. The summed E-state index contributed by atoms with van der Waals surface area (Å²) in [5, 5.41) is 1.75. The Morgan fingerprint density at radius 2 is 1.58 bits per heavy atom. The monoisotopic (exact) mass is 436 g/mol. The van der Waals surface area contributed by atoms with Crippen LogP contribution in [0.25, 0.3) is 0 Å². The van der Waals surface area contributed by atoms with Crippen LogP contribution in [0.2, 0.25) is 18.1 Å². The first-order valence-electron chi connectivity index (χ1n) is 11.0. The lowest BCUT2D eigenvalue weighted by Crippen LogP contribution is -2.50. The van der Waals surface area contributed by atoms with Gasteiger partial charge in [-0.25, -0.2) is 0 Å². The number of benzene rings is 1. The van der Waals surface area contributed by atoms with Gasteiger partial charge in [-0.15, -0.1) is 0 Å². The maximum Gasteiger partial charge on any atom is 0.102 e. The predicted octanol–water partition coefficient (Wildman–Crippen LogP) is 6.87. The van der Waals surface area contributed by atoms with Crippen LogP contribution in [-0.4, -0.2) is 19.7 Å². The van der Waals surface area contributed by atoms with Crippen LogP contribution in [0.1, 0.15) is 64.7 Å². The molecule has 146 valence electrons. The summed E-state index contributed by atoms with van der Waals surface area (Å²) in [6.45, 7) is 2.34. The number of alkyl halides is 1. The number of hydrogen-bond donors (Lipinski definition) is 0. The van der Waals surface area contributed by atoms with Gasteiger partial charge in [0.2, 0.25) is 0 Å². The van der Waals surface area contributed by atoms with Crippen LogP contribution in [0.15, 0.2) is 30.3 Å². The highest BCUT2D eigenvalue weighted by atomic mass is 79.9. The molecule has 0 aromatic heterocycles. The van der Waals surface area contributed by atoms with Gasteiger partial charge in [0, 0.05) is 0 Å². The Morgan fingerprint density at radius 1 is 0.923 bits per heavy atom. The molecule has 1 nitrogen and oxygen atoms in total. The topological polar surface area (TPSA) is 9.23 Å². The van der Waals surface area contributed by atoms with Crippen LogP contribution in [0.3, 0.4) is 0 Å². The number of ether oxygens (including phenoxy) is 1. The van der Waals surface area contributed by atoms with Crippen molar-refractivity contribution in [1.29, 1.82) is 0 Å². The molecular weight excluding hydrogens is 400 g/mol. The summed E-state index contributed by atoms with van der Waals surface area (Å²) in [5.74, 6) is 1.97. The minimum atomic E-state index is -1.26. The van der Waals surface area contributed by atoms with E-state index in [-0.39, 0.29) is 0 Å². The molecule has 0 amide bonds. The summed E-state index contributed by atoms with van der Waals surface area (Å²) >= 11 is 3.42. The summed E-state index contributed by atoms with van der Waals surface area (Å²) in [6.07, 6.45) is 13.1. The molecule has 0 unspecified atom stereocenters. The Hall–Kier alpha value is -0.123. The van der Waals surface area contributed by atoms with E-state index in [2.05, 4.69) is 53.2 Å². The van der Waals surface area contributed by atoms with Crippen LogP contribution < -0.4 is 5.19 Å². The lowest BCUT2D eigenvalue weighted by Gasteiger charge is -2.43. The Kier molecular flexibility index (Phi) is 8.27. The predicted molar refractivity (Wildman–Crippen MR) is 119 cm³/mol. The van der Waals surface area contributed by atoms with Crippen LogP contribution >= 0.6 is 15.9 Å². The van der Waals surface area contributed by atoms with Crippen LogP contribution in [0.5, 0.6) is 0 Å². The smallest absolute Gasteiger partial charge is 0.102 e. The molecule has 1 heterocycles. The maximum absolute atomic E-state index is 5.79. The normalized spacial score (nSPS) is 32.5. The fourth-order valence-corrected chi connectivity index (χ4v) is 11.3. The lowest BCUT2D eigenvalue weighted by molar-refractivity contribution is 0.0381. The molecule has 3 heteroatoms. The maximum atomic E-state index is 5.79. The first-order valence-corrected chi connectivity index (χ1v) is 14.7. The van der Waals surface area contributed by atoms with Gasteiger partial charge in [-0.1, -0.05) is 109 Å². The number of hydrogen-bond acceptors (Lipinski definition) is 1. The van der Waals surface area contributed by atoms with Gasteiger partial charge in [0.05, 0.1) is 14.2 Å². The molecule has 0 spiro atoms. The molecule has 1 saturated heterocycles. The van der Waals surface area contributed by atoms with Crippen LogP contribution in [0.4, 0.5) is 0 Å². The van der Waals surface area contributed by atoms with Gasteiger partial charge in [-0.05, 0) is 37.5 Å². The second-order valence-corrected chi connectivity index (χ2v) is 13.8. The Balaban J connectivity index is 1.58. The Bertz CT molecular complexity index is 504. The van der Waals surface area contributed by atoms with E-state index in [1.165, 1.54) is 63.8 Å². The van der Waals surface area contributed by atoms with E-state index >= 15 is 0 Å². The van der Waals surface area contributed by atoms with Gasteiger partial charge >= 0.3 is 0 Å². The third-order valence-electron chi connectivity index (χ3n) is 7.32. The van der Waals surface area contributed by atoms with Crippen LogP contribution in [0, 0.1) is 11.8 Å². The largest absolute Gasteiger partial charge is 0.367 e. The van der Waals surface area contributed by atoms with E-state index in [9.17, 15) is 0 Å². The number of rotatable bonds is 8. The molecular formula is C23H37BrOSi. The van der Waals surface area contributed by atoms with Crippen molar-refractivity contribution in [2.45, 2.75) is 88.9 Å². The third-order valence-corrected chi connectivity index (χ3v) is 12.9. The number of unbranched alkanes of at least 4 members (excludes halogenated alkanes) is 2. The van der Waals surface area contributed by atoms with E-state index in [0.717, 1.165) is 11.8 Å². The summed E-state index contributed by atoms with van der Waals surface area (Å²) < 4.78 is 5.79. The summed E-state index contributed by atoms with van der Waals surface area (Å²) in [7, 11) is -1.26. The van der Waals surface area contributed by atoms with E-state index in [4.69, 9.17) is 4.74 Å².